The van der Waals surface area contributed by atoms with Crippen molar-refractivity contribution in [1.82, 2.24) is 9.97 Å². The fourth-order valence-corrected chi connectivity index (χ4v) is 1.46. The Kier molecular flexibility index (Phi) is 5.38. The van der Waals surface area contributed by atoms with Crippen molar-refractivity contribution in [3.8, 4) is 5.88 Å². The highest BCUT2D eigenvalue weighted by Crippen LogP contribution is 2.23. The van der Waals surface area contributed by atoms with Gasteiger partial charge in [0.2, 0.25) is 5.88 Å². The van der Waals surface area contributed by atoms with Crippen LogP contribution in [-0.2, 0) is 0 Å². The van der Waals surface area contributed by atoms with Crippen molar-refractivity contribution >= 4 is 5.82 Å². The zero-order valence-corrected chi connectivity index (χ0v) is 12.2. The van der Waals surface area contributed by atoms with Gasteiger partial charge in [-0.25, -0.2) is 9.97 Å². The molecule has 0 fully saturated rings. The molecule has 0 spiro atoms. The van der Waals surface area contributed by atoms with Crippen molar-refractivity contribution in [2.24, 2.45) is 5.41 Å². The quantitative estimate of drug-likeness (QED) is 0.841. The molecule has 1 N–H and O–H groups in total. The number of ether oxygens (including phenoxy) is 1. The van der Waals surface area contributed by atoms with Gasteiger partial charge in [0.05, 0.1) is 12.2 Å². The third kappa shape index (κ3) is 4.90. The molecule has 0 amide bonds. The van der Waals surface area contributed by atoms with Crippen LogP contribution in [0, 0.1) is 12.3 Å². The number of anilines is 1. The predicted octanol–water partition coefficient (Wildman–Crippen LogP) is 3.42. The van der Waals surface area contributed by atoms with Crippen LogP contribution in [0.3, 0.4) is 0 Å². The lowest BCUT2D eigenvalue weighted by Crippen LogP contribution is -2.13. The molecule has 4 nitrogen and oxygen atoms in total. The molecule has 4 heteroatoms. The summed E-state index contributed by atoms with van der Waals surface area (Å²) in [6, 6.07) is 0. The van der Waals surface area contributed by atoms with Gasteiger partial charge in [0.25, 0.3) is 0 Å². The highest BCUT2D eigenvalue weighted by atomic mass is 16.5. The van der Waals surface area contributed by atoms with Gasteiger partial charge in [0.1, 0.15) is 12.1 Å². The molecule has 102 valence electrons. The van der Waals surface area contributed by atoms with Crippen molar-refractivity contribution in [2.45, 2.75) is 47.5 Å². The number of hydrogen-bond acceptors (Lipinski definition) is 4. The minimum Gasteiger partial charge on any atom is -0.477 e. The third-order valence-electron chi connectivity index (χ3n) is 2.67. The molecule has 0 saturated carbocycles. The van der Waals surface area contributed by atoms with E-state index in [0.717, 1.165) is 30.8 Å². The van der Waals surface area contributed by atoms with E-state index in [4.69, 9.17) is 4.74 Å². The Bertz CT molecular complexity index is 372. The summed E-state index contributed by atoms with van der Waals surface area (Å²) in [4.78, 5) is 8.42. The number of hydrogen-bond donors (Lipinski definition) is 1. The minimum absolute atomic E-state index is 0.282. The second kappa shape index (κ2) is 6.57. The summed E-state index contributed by atoms with van der Waals surface area (Å²) in [7, 11) is 0. The molecule has 0 aliphatic carbocycles. The summed E-state index contributed by atoms with van der Waals surface area (Å²) in [5.41, 5.74) is 1.27. The monoisotopic (exact) mass is 251 g/mol. The van der Waals surface area contributed by atoms with Crippen molar-refractivity contribution in [3.05, 3.63) is 11.9 Å². The van der Waals surface area contributed by atoms with Crippen molar-refractivity contribution < 1.29 is 4.74 Å². The Morgan fingerprint density at radius 3 is 2.61 bits per heavy atom. The number of nitrogens with one attached hydrogen (secondary N) is 1. The highest BCUT2D eigenvalue weighted by Gasteiger charge is 2.12. The zero-order valence-electron chi connectivity index (χ0n) is 12.2. The molecule has 0 aliphatic rings. The Hall–Kier alpha value is -1.32. The average Bonchev–Trinajstić information content (AvgIpc) is 2.28. The SMILES string of the molecule is CCCNc1ncnc(OCCC(C)(C)C)c1C. The van der Waals surface area contributed by atoms with Gasteiger partial charge in [-0.2, -0.15) is 0 Å². The van der Waals surface area contributed by atoms with Crippen LogP contribution in [0.2, 0.25) is 0 Å². The summed E-state index contributed by atoms with van der Waals surface area (Å²) in [6.07, 6.45) is 3.63. The summed E-state index contributed by atoms with van der Waals surface area (Å²) in [5, 5.41) is 3.28. The molecule has 0 saturated heterocycles. The highest BCUT2D eigenvalue weighted by molar-refractivity contribution is 5.47. The lowest BCUT2D eigenvalue weighted by molar-refractivity contribution is 0.235. The van der Waals surface area contributed by atoms with Crippen LogP contribution in [0.1, 0.15) is 46.1 Å². The fourth-order valence-electron chi connectivity index (χ4n) is 1.46. The lowest BCUT2D eigenvalue weighted by atomic mass is 9.93. The van der Waals surface area contributed by atoms with Crippen LogP contribution in [0.15, 0.2) is 6.33 Å². The van der Waals surface area contributed by atoms with Gasteiger partial charge in [-0.05, 0) is 25.2 Å². The zero-order chi connectivity index (χ0) is 13.6. The maximum Gasteiger partial charge on any atom is 0.221 e. The molecule has 0 unspecified atom stereocenters. The Balaban J connectivity index is 2.60. The average molecular weight is 251 g/mol. The molecular weight excluding hydrogens is 226 g/mol. The van der Waals surface area contributed by atoms with E-state index in [1.165, 1.54) is 0 Å². The summed E-state index contributed by atoms with van der Waals surface area (Å²) in [5.74, 6) is 1.56. The molecule has 0 atom stereocenters. The van der Waals surface area contributed by atoms with E-state index < -0.39 is 0 Å². The molecule has 18 heavy (non-hydrogen) atoms. The Labute approximate surface area is 110 Å². The third-order valence-corrected chi connectivity index (χ3v) is 2.67. The largest absolute Gasteiger partial charge is 0.477 e. The summed E-state index contributed by atoms with van der Waals surface area (Å²) >= 11 is 0. The molecule has 0 radical (unpaired) electrons. The van der Waals surface area contributed by atoms with E-state index in [-0.39, 0.29) is 5.41 Å². The fraction of sp³-hybridized carbons (Fsp3) is 0.714. The number of nitrogens with zero attached hydrogens (tertiary/aromatic N) is 2. The van der Waals surface area contributed by atoms with Gasteiger partial charge < -0.3 is 10.1 Å². The van der Waals surface area contributed by atoms with E-state index in [0.29, 0.717) is 12.5 Å². The first-order valence-electron chi connectivity index (χ1n) is 6.62. The first-order chi connectivity index (χ1) is 8.44. The van der Waals surface area contributed by atoms with Crippen LogP contribution in [0.5, 0.6) is 5.88 Å². The van der Waals surface area contributed by atoms with E-state index in [1.54, 1.807) is 6.33 Å². The maximum absolute atomic E-state index is 5.74. The van der Waals surface area contributed by atoms with Crippen LogP contribution in [-0.4, -0.2) is 23.1 Å². The summed E-state index contributed by atoms with van der Waals surface area (Å²) < 4.78 is 5.74. The van der Waals surface area contributed by atoms with Crippen LogP contribution in [0.25, 0.3) is 0 Å². The van der Waals surface area contributed by atoms with Crippen LogP contribution in [0.4, 0.5) is 5.82 Å². The number of aromatic nitrogens is 2. The topological polar surface area (TPSA) is 47.0 Å². The van der Waals surface area contributed by atoms with E-state index >= 15 is 0 Å². The van der Waals surface area contributed by atoms with Gasteiger partial charge >= 0.3 is 0 Å². The number of rotatable bonds is 6. The van der Waals surface area contributed by atoms with Gasteiger partial charge in [-0.1, -0.05) is 27.7 Å². The molecule has 1 rings (SSSR count). The van der Waals surface area contributed by atoms with Crippen molar-refractivity contribution in [3.63, 3.8) is 0 Å². The van der Waals surface area contributed by atoms with Crippen molar-refractivity contribution in [2.75, 3.05) is 18.5 Å². The molecule has 0 bridgehead atoms. The van der Waals surface area contributed by atoms with Crippen molar-refractivity contribution in [1.29, 1.82) is 0 Å². The van der Waals surface area contributed by atoms with Gasteiger partial charge in [0.15, 0.2) is 0 Å². The first kappa shape index (κ1) is 14.7. The van der Waals surface area contributed by atoms with Crippen LogP contribution < -0.4 is 10.1 Å². The standard InChI is InChI=1S/C14H25N3O/c1-6-8-15-12-11(2)13(17-10-16-12)18-9-7-14(3,4)5/h10H,6-9H2,1-5H3,(H,15,16,17). The molecule has 0 aromatic carbocycles. The van der Waals surface area contributed by atoms with Gasteiger partial charge in [-0.3, -0.25) is 0 Å². The molecule has 1 aromatic rings. The predicted molar refractivity (Wildman–Crippen MR) is 75.1 cm³/mol. The Morgan fingerprint density at radius 2 is 2.00 bits per heavy atom. The molecule has 0 aliphatic heterocycles. The summed E-state index contributed by atoms with van der Waals surface area (Å²) in [6.45, 7) is 12.3. The molecular formula is C14H25N3O. The Morgan fingerprint density at radius 1 is 1.28 bits per heavy atom. The van der Waals surface area contributed by atoms with Gasteiger partial charge in [-0.15, -0.1) is 0 Å². The lowest BCUT2D eigenvalue weighted by Gasteiger charge is -2.18. The van der Waals surface area contributed by atoms with E-state index in [1.807, 2.05) is 6.92 Å². The molecule has 1 aromatic heterocycles. The van der Waals surface area contributed by atoms with E-state index in [9.17, 15) is 0 Å². The minimum atomic E-state index is 0.282. The van der Waals surface area contributed by atoms with Crippen LogP contribution >= 0.6 is 0 Å². The second-order valence-electron chi connectivity index (χ2n) is 5.74. The van der Waals surface area contributed by atoms with E-state index in [2.05, 4.69) is 43.0 Å². The smallest absolute Gasteiger partial charge is 0.221 e. The molecule has 1 heterocycles. The van der Waals surface area contributed by atoms with Gasteiger partial charge in [0, 0.05) is 6.54 Å². The maximum atomic E-state index is 5.74. The normalized spacial score (nSPS) is 11.4. The second-order valence-corrected chi connectivity index (χ2v) is 5.74. The first-order valence-corrected chi connectivity index (χ1v) is 6.62.